The molecule has 1 aliphatic heterocycles. The lowest BCUT2D eigenvalue weighted by Crippen LogP contribution is -2.18. The van der Waals surface area contributed by atoms with E-state index in [0.717, 1.165) is 5.56 Å². The molecule has 0 saturated carbocycles. The third-order valence-corrected chi connectivity index (χ3v) is 5.66. The van der Waals surface area contributed by atoms with Crippen molar-refractivity contribution < 1.29 is 17.6 Å². The zero-order chi connectivity index (χ0) is 19.7. The van der Waals surface area contributed by atoms with Crippen LogP contribution in [-0.2, 0) is 16.6 Å². The number of benzene rings is 3. The summed E-state index contributed by atoms with van der Waals surface area (Å²) in [5, 5.41) is 0. The zero-order valence-electron chi connectivity index (χ0n) is 14.9. The number of fused-ring (bicyclic) bond motifs is 2. The van der Waals surface area contributed by atoms with E-state index < -0.39 is 10.0 Å². The van der Waals surface area contributed by atoms with E-state index >= 15 is 0 Å². The average molecular weight is 396 g/mol. The van der Waals surface area contributed by atoms with Gasteiger partial charge in [-0.15, -0.1) is 0 Å². The van der Waals surface area contributed by atoms with E-state index in [-0.39, 0.29) is 16.9 Å². The minimum atomic E-state index is -3.46. The molecule has 0 aromatic heterocycles. The van der Waals surface area contributed by atoms with Gasteiger partial charge in [0.2, 0.25) is 10.0 Å². The second-order valence-electron chi connectivity index (χ2n) is 6.11. The van der Waals surface area contributed by atoms with Crippen molar-refractivity contribution in [3.63, 3.8) is 0 Å². The highest BCUT2D eigenvalue weighted by molar-refractivity contribution is 7.89. The zero-order valence-corrected chi connectivity index (χ0v) is 15.7. The Labute approximate surface area is 161 Å². The van der Waals surface area contributed by atoms with Crippen LogP contribution in [0.15, 0.2) is 74.8 Å². The van der Waals surface area contributed by atoms with Gasteiger partial charge in [0.25, 0.3) is 0 Å². The smallest absolute Gasteiger partial charge is 0.240 e. The predicted molar refractivity (Wildman–Crippen MR) is 104 cm³/mol. The van der Waals surface area contributed by atoms with Crippen molar-refractivity contribution >= 4 is 21.1 Å². The first-order chi connectivity index (χ1) is 13.4. The molecule has 0 atom stereocenters. The highest BCUT2D eigenvalue weighted by Crippen LogP contribution is 2.26. The first-order valence-corrected chi connectivity index (χ1v) is 9.93. The average Bonchev–Trinajstić information content (AvgIpc) is 2.71. The third-order valence-electron chi connectivity index (χ3n) is 4.23. The Bertz CT molecular complexity index is 1280. The molecule has 8 heteroatoms. The highest BCUT2D eigenvalue weighted by Gasteiger charge is 2.12. The van der Waals surface area contributed by atoms with Gasteiger partial charge in [-0.1, -0.05) is 12.1 Å². The largest absolute Gasteiger partial charge is 0.489 e. The van der Waals surface area contributed by atoms with Crippen LogP contribution in [0.1, 0.15) is 5.56 Å². The molecule has 2 aromatic rings. The standard InChI is InChI=1S/C20H16N2O5S/c1-21-28(24,25)16-6-2-13(3-7-16)12-26-15-5-9-18-20(11-15)27-19-10-14(23)4-8-17(19)22-18/h2-11,21H,12H2,1H3. The summed E-state index contributed by atoms with van der Waals surface area (Å²) in [5.74, 6) is 0.987. The van der Waals surface area contributed by atoms with Crippen molar-refractivity contribution in [2.75, 3.05) is 7.05 Å². The van der Waals surface area contributed by atoms with Crippen molar-refractivity contribution in [1.29, 1.82) is 0 Å². The molecule has 0 spiro atoms. The summed E-state index contributed by atoms with van der Waals surface area (Å²) in [6.07, 6.45) is 0. The molecule has 28 heavy (non-hydrogen) atoms. The molecule has 1 aliphatic carbocycles. The molecule has 1 heterocycles. The second kappa shape index (κ2) is 7.06. The van der Waals surface area contributed by atoms with Gasteiger partial charge in [0.05, 0.1) is 4.90 Å². The molecule has 0 fully saturated rings. The maximum atomic E-state index is 11.8. The molecule has 1 N–H and O–H groups in total. The Balaban J connectivity index is 1.56. The Hall–Kier alpha value is -3.23. The molecule has 2 aromatic carbocycles. The van der Waals surface area contributed by atoms with E-state index in [9.17, 15) is 13.2 Å². The molecular weight excluding hydrogens is 380 g/mol. The van der Waals surface area contributed by atoms with Gasteiger partial charge in [0, 0.05) is 12.1 Å². The third kappa shape index (κ3) is 3.60. The normalized spacial score (nSPS) is 11.8. The summed E-state index contributed by atoms with van der Waals surface area (Å²) in [6.45, 7) is 0.261. The second-order valence-corrected chi connectivity index (χ2v) is 8.00. The quantitative estimate of drug-likeness (QED) is 0.521. The van der Waals surface area contributed by atoms with Crippen molar-refractivity contribution in [2.24, 2.45) is 0 Å². The van der Waals surface area contributed by atoms with Crippen LogP contribution in [0, 0.1) is 0 Å². The lowest BCUT2D eigenvalue weighted by atomic mass is 10.2. The molecule has 0 saturated heterocycles. The number of sulfonamides is 1. The molecule has 0 unspecified atom stereocenters. The fraction of sp³-hybridized carbons (Fsp3) is 0.100. The minimum absolute atomic E-state index is 0.145. The van der Waals surface area contributed by atoms with E-state index in [1.807, 2.05) is 0 Å². The molecule has 142 valence electrons. The van der Waals surface area contributed by atoms with E-state index in [1.165, 1.54) is 31.3 Å². The first kappa shape index (κ1) is 18.1. The maximum Gasteiger partial charge on any atom is 0.240 e. The fourth-order valence-electron chi connectivity index (χ4n) is 2.72. The molecule has 7 nitrogen and oxygen atoms in total. The van der Waals surface area contributed by atoms with Crippen LogP contribution < -0.4 is 14.9 Å². The van der Waals surface area contributed by atoms with Gasteiger partial charge in [0.1, 0.15) is 23.6 Å². The number of aromatic nitrogens is 1. The Kier molecular flexibility index (Phi) is 4.58. The van der Waals surface area contributed by atoms with Crippen molar-refractivity contribution in [3.05, 3.63) is 76.5 Å². The maximum absolute atomic E-state index is 11.8. The van der Waals surface area contributed by atoms with Crippen LogP contribution in [0.25, 0.3) is 22.6 Å². The highest BCUT2D eigenvalue weighted by atomic mass is 32.2. The van der Waals surface area contributed by atoms with Crippen LogP contribution in [0.2, 0.25) is 0 Å². The van der Waals surface area contributed by atoms with Crippen LogP contribution in [0.5, 0.6) is 5.75 Å². The molecule has 2 aliphatic rings. The summed E-state index contributed by atoms with van der Waals surface area (Å²) < 4.78 is 37.3. The van der Waals surface area contributed by atoms with Crippen molar-refractivity contribution in [2.45, 2.75) is 11.5 Å². The van der Waals surface area contributed by atoms with Gasteiger partial charge >= 0.3 is 0 Å². The number of hydrogen-bond donors (Lipinski definition) is 1. The number of nitrogens with one attached hydrogen (secondary N) is 1. The van der Waals surface area contributed by atoms with Gasteiger partial charge in [-0.25, -0.2) is 18.1 Å². The molecule has 0 amide bonds. The molecule has 0 bridgehead atoms. The molecule has 4 rings (SSSR count). The minimum Gasteiger partial charge on any atom is -0.489 e. The molecule has 0 radical (unpaired) electrons. The van der Waals surface area contributed by atoms with Crippen LogP contribution in [0.4, 0.5) is 0 Å². The van der Waals surface area contributed by atoms with E-state index in [0.29, 0.717) is 28.3 Å². The lowest BCUT2D eigenvalue weighted by molar-refractivity contribution is 0.306. The van der Waals surface area contributed by atoms with Gasteiger partial charge in [-0.05, 0) is 49.0 Å². The SMILES string of the molecule is CNS(=O)(=O)c1ccc(COc2ccc3nc4ccc(=O)cc-4oc3c2)cc1. The van der Waals surface area contributed by atoms with Gasteiger partial charge in [-0.3, -0.25) is 4.79 Å². The monoisotopic (exact) mass is 396 g/mol. The Morgan fingerprint density at radius 1 is 1.04 bits per heavy atom. The summed E-state index contributed by atoms with van der Waals surface area (Å²) in [5.41, 5.74) is 2.44. The topological polar surface area (TPSA) is 98.5 Å². The lowest BCUT2D eigenvalue weighted by Gasteiger charge is -2.09. The summed E-state index contributed by atoms with van der Waals surface area (Å²) in [7, 11) is -2.09. The summed E-state index contributed by atoms with van der Waals surface area (Å²) in [4.78, 5) is 16.2. The van der Waals surface area contributed by atoms with Crippen LogP contribution in [-0.4, -0.2) is 20.4 Å². The number of hydrogen-bond acceptors (Lipinski definition) is 6. The van der Waals surface area contributed by atoms with Crippen molar-refractivity contribution in [3.8, 4) is 17.2 Å². The van der Waals surface area contributed by atoms with E-state index in [4.69, 9.17) is 9.15 Å². The summed E-state index contributed by atoms with van der Waals surface area (Å²) >= 11 is 0. The fourth-order valence-corrected chi connectivity index (χ4v) is 3.45. The first-order valence-electron chi connectivity index (χ1n) is 8.44. The predicted octanol–water partition coefficient (Wildman–Crippen LogP) is 2.78. The van der Waals surface area contributed by atoms with Crippen LogP contribution in [0.3, 0.4) is 0 Å². The summed E-state index contributed by atoms with van der Waals surface area (Å²) in [6, 6.07) is 16.2. The van der Waals surface area contributed by atoms with Gasteiger partial charge in [-0.2, -0.15) is 0 Å². The van der Waals surface area contributed by atoms with E-state index in [1.54, 1.807) is 36.4 Å². The van der Waals surface area contributed by atoms with Gasteiger partial charge in [0.15, 0.2) is 16.8 Å². The number of rotatable bonds is 5. The number of ether oxygens (including phenoxy) is 1. The molecular formula is C20H16N2O5S. The van der Waals surface area contributed by atoms with Crippen molar-refractivity contribution in [1.82, 2.24) is 9.71 Å². The van der Waals surface area contributed by atoms with Crippen LogP contribution >= 0.6 is 0 Å². The van der Waals surface area contributed by atoms with E-state index in [2.05, 4.69) is 9.71 Å². The Morgan fingerprint density at radius 2 is 1.82 bits per heavy atom. The number of nitrogens with zero attached hydrogens (tertiary/aromatic N) is 1. The Morgan fingerprint density at radius 3 is 2.57 bits per heavy atom. The van der Waals surface area contributed by atoms with Gasteiger partial charge < -0.3 is 9.15 Å².